The summed E-state index contributed by atoms with van der Waals surface area (Å²) in [6.45, 7) is 0. The van der Waals surface area contributed by atoms with Crippen LogP contribution in [0, 0.1) is 0 Å². The standard InChI is InChI=1S/C24H22ClN3O5S.Na.H/c1-28-22(24(29)27-34(30,31)18-9-7-16(32-2)8-10-18)14-19-21(12-11-20(25)23(19)28)26-15-5-4-6-17(13-15)33-3;;/h4-14,26H,1-3H3,(H,27,29);;/q;+1;-1. The van der Waals surface area contributed by atoms with Gasteiger partial charge in [-0.3, -0.25) is 4.79 Å². The molecule has 0 saturated heterocycles. The Morgan fingerprint density at radius 1 is 0.971 bits per heavy atom. The van der Waals surface area contributed by atoms with Crippen LogP contribution in [0.4, 0.5) is 11.4 Å². The van der Waals surface area contributed by atoms with Gasteiger partial charge in [-0.2, -0.15) is 0 Å². The monoisotopic (exact) mass is 523 g/mol. The predicted molar refractivity (Wildman–Crippen MR) is 133 cm³/mol. The fraction of sp³-hybridized carbons (Fsp3) is 0.125. The third-order valence-corrected chi connectivity index (χ3v) is 6.98. The van der Waals surface area contributed by atoms with E-state index >= 15 is 0 Å². The zero-order chi connectivity index (χ0) is 24.5. The van der Waals surface area contributed by atoms with Crippen LogP contribution in [0.25, 0.3) is 10.9 Å². The number of ether oxygens (including phenoxy) is 2. The van der Waals surface area contributed by atoms with Gasteiger partial charge in [0.25, 0.3) is 15.9 Å². The molecule has 0 bridgehead atoms. The molecule has 4 aromatic rings. The average molecular weight is 524 g/mol. The van der Waals surface area contributed by atoms with Crippen molar-refractivity contribution in [2.45, 2.75) is 4.90 Å². The van der Waals surface area contributed by atoms with Gasteiger partial charge in [0, 0.05) is 29.9 Å². The van der Waals surface area contributed by atoms with Gasteiger partial charge in [0.1, 0.15) is 17.2 Å². The molecule has 1 amide bonds. The minimum Gasteiger partial charge on any atom is -1.00 e. The van der Waals surface area contributed by atoms with E-state index in [1.165, 1.54) is 31.4 Å². The SMILES string of the molecule is COc1ccc(S(=O)(=O)NC(=O)c2cc3c(Nc4cccc(OC)c4)ccc(Cl)c3n2C)cc1.[H-].[Na+]. The summed E-state index contributed by atoms with van der Waals surface area (Å²) in [5, 5.41) is 4.38. The Morgan fingerprint density at radius 2 is 1.66 bits per heavy atom. The van der Waals surface area contributed by atoms with Gasteiger partial charge in [-0.05, 0) is 54.6 Å². The van der Waals surface area contributed by atoms with Gasteiger partial charge in [-0.25, -0.2) is 13.1 Å². The number of aromatic nitrogens is 1. The summed E-state index contributed by atoms with van der Waals surface area (Å²) in [6.07, 6.45) is 0. The molecular formula is C24H23ClN3NaO5S. The normalized spacial score (nSPS) is 11.0. The number of fused-ring (bicyclic) bond motifs is 1. The smallest absolute Gasteiger partial charge is 1.00 e. The largest absolute Gasteiger partial charge is 1.00 e. The van der Waals surface area contributed by atoms with Crippen LogP contribution >= 0.6 is 11.6 Å². The number of anilines is 2. The minimum atomic E-state index is -4.09. The number of hydrogen-bond donors (Lipinski definition) is 2. The molecule has 35 heavy (non-hydrogen) atoms. The molecule has 0 radical (unpaired) electrons. The van der Waals surface area contributed by atoms with Crippen molar-refractivity contribution < 1.29 is 53.7 Å². The number of amides is 1. The number of nitrogens with zero attached hydrogens (tertiary/aromatic N) is 1. The Bertz CT molecular complexity index is 1490. The number of hydrogen-bond acceptors (Lipinski definition) is 6. The zero-order valence-corrected chi connectivity index (χ0v) is 23.2. The van der Waals surface area contributed by atoms with E-state index in [0.717, 1.165) is 5.69 Å². The summed E-state index contributed by atoms with van der Waals surface area (Å²) < 4.78 is 39.5. The molecule has 0 aliphatic rings. The number of methoxy groups -OCH3 is 2. The minimum absolute atomic E-state index is 0. The maximum absolute atomic E-state index is 13.0. The molecule has 0 spiro atoms. The number of carbonyl (C=O) groups is 1. The molecule has 0 saturated carbocycles. The Morgan fingerprint density at radius 3 is 2.31 bits per heavy atom. The molecule has 3 aromatic carbocycles. The Labute approximate surface area is 232 Å². The summed E-state index contributed by atoms with van der Waals surface area (Å²) in [5.74, 6) is 0.412. The van der Waals surface area contributed by atoms with Crippen LogP contribution in [-0.2, 0) is 17.1 Å². The fourth-order valence-electron chi connectivity index (χ4n) is 3.59. The van der Waals surface area contributed by atoms with E-state index in [1.807, 2.05) is 24.3 Å². The number of sulfonamides is 1. The van der Waals surface area contributed by atoms with Gasteiger partial charge in [0.05, 0.1) is 29.7 Å². The second kappa shape index (κ2) is 10.9. The molecule has 0 aliphatic heterocycles. The number of benzene rings is 3. The topological polar surface area (TPSA) is 98.7 Å². The van der Waals surface area contributed by atoms with Gasteiger partial charge in [-0.1, -0.05) is 17.7 Å². The Hall–Kier alpha value is -2.69. The summed E-state index contributed by atoms with van der Waals surface area (Å²) in [4.78, 5) is 12.9. The molecule has 0 aliphatic carbocycles. The Kier molecular flexibility index (Phi) is 8.40. The van der Waals surface area contributed by atoms with Crippen LogP contribution in [0.3, 0.4) is 0 Å². The molecule has 1 heterocycles. The molecule has 8 nitrogen and oxygen atoms in total. The van der Waals surface area contributed by atoms with E-state index in [0.29, 0.717) is 33.1 Å². The number of halogens is 1. The summed E-state index contributed by atoms with van der Waals surface area (Å²) in [7, 11) is 0.622. The van der Waals surface area contributed by atoms with Crippen molar-refractivity contribution in [3.05, 3.63) is 77.4 Å². The van der Waals surface area contributed by atoms with Crippen molar-refractivity contribution in [1.82, 2.24) is 9.29 Å². The maximum Gasteiger partial charge on any atom is 1.00 e. The maximum atomic E-state index is 13.0. The molecular weight excluding hydrogens is 501 g/mol. The van der Waals surface area contributed by atoms with Crippen LogP contribution in [-0.4, -0.2) is 33.1 Å². The fourth-order valence-corrected chi connectivity index (χ4v) is 4.85. The first kappa shape index (κ1) is 26.9. The molecule has 11 heteroatoms. The van der Waals surface area contributed by atoms with E-state index in [4.69, 9.17) is 21.1 Å². The predicted octanol–water partition coefficient (Wildman–Crippen LogP) is 1.83. The molecule has 0 atom stereocenters. The summed E-state index contributed by atoms with van der Waals surface area (Å²) in [5.41, 5.74) is 2.19. The van der Waals surface area contributed by atoms with E-state index < -0.39 is 15.9 Å². The second-order valence-corrected chi connectivity index (χ2v) is 9.50. The molecule has 0 fully saturated rings. The van der Waals surface area contributed by atoms with Gasteiger partial charge in [0.2, 0.25) is 0 Å². The first-order chi connectivity index (χ1) is 16.2. The number of nitrogens with one attached hydrogen (secondary N) is 2. The first-order valence-corrected chi connectivity index (χ1v) is 12.0. The van der Waals surface area contributed by atoms with Crippen LogP contribution in [0.15, 0.2) is 71.6 Å². The van der Waals surface area contributed by atoms with Crippen molar-refractivity contribution in [2.75, 3.05) is 19.5 Å². The zero-order valence-electron chi connectivity index (χ0n) is 20.6. The summed E-state index contributed by atoms with van der Waals surface area (Å²) >= 11 is 6.43. The van der Waals surface area contributed by atoms with Gasteiger partial charge in [-0.15, -0.1) is 0 Å². The van der Waals surface area contributed by atoms with Crippen LogP contribution in [0.5, 0.6) is 11.5 Å². The van der Waals surface area contributed by atoms with Crippen LogP contribution in [0.1, 0.15) is 11.9 Å². The van der Waals surface area contributed by atoms with Gasteiger partial charge >= 0.3 is 29.6 Å². The van der Waals surface area contributed by atoms with Gasteiger partial charge < -0.3 is 20.8 Å². The molecule has 2 N–H and O–H groups in total. The van der Waals surface area contributed by atoms with Gasteiger partial charge in [0.15, 0.2) is 0 Å². The molecule has 0 unspecified atom stereocenters. The average Bonchev–Trinajstić information content (AvgIpc) is 3.19. The third kappa shape index (κ3) is 5.60. The van der Waals surface area contributed by atoms with Crippen molar-refractivity contribution in [3.8, 4) is 11.5 Å². The molecule has 4 rings (SSSR count). The Balaban J connectivity index is 0.00000228. The first-order valence-electron chi connectivity index (χ1n) is 10.1. The van der Waals surface area contributed by atoms with E-state index in [2.05, 4.69) is 10.0 Å². The van der Waals surface area contributed by atoms with Crippen molar-refractivity contribution in [1.29, 1.82) is 0 Å². The number of aryl methyl sites for hydroxylation is 1. The van der Waals surface area contributed by atoms with Crippen molar-refractivity contribution >= 4 is 49.8 Å². The summed E-state index contributed by atoms with van der Waals surface area (Å²) in [6, 6.07) is 18.2. The van der Waals surface area contributed by atoms with Crippen molar-refractivity contribution in [3.63, 3.8) is 0 Å². The quantitative estimate of drug-likeness (QED) is 0.359. The molecule has 1 aromatic heterocycles. The van der Waals surface area contributed by atoms with Crippen molar-refractivity contribution in [2.24, 2.45) is 7.05 Å². The third-order valence-electron chi connectivity index (χ3n) is 5.32. The van der Waals surface area contributed by atoms with E-state index in [-0.39, 0.29) is 41.6 Å². The molecule has 178 valence electrons. The van der Waals surface area contributed by atoms with E-state index in [9.17, 15) is 13.2 Å². The number of carbonyl (C=O) groups excluding carboxylic acids is 1. The van der Waals surface area contributed by atoms with Crippen LogP contribution < -0.4 is 49.1 Å². The number of rotatable bonds is 7. The van der Waals surface area contributed by atoms with Crippen LogP contribution in [0.2, 0.25) is 5.02 Å². The van der Waals surface area contributed by atoms with E-state index in [1.54, 1.807) is 36.9 Å². The second-order valence-electron chi connectivity index (χ2n) is 7.41.